The minimum atomic E-state index is -0.520. The SMILES string of the molecule is NC(=O)c1cc(C[C@H]2CCCN(C(=O)C3CCCCC3)CC2)ncn1. The number of primary amides is 1. The zero-order chi connectivity index (χ0) is 17.6. The van der Waals surface area contributed by atoms with E-state index in [1.54, 1.807) is 6.07 Å². The molecular weight excluding hydrogens is 316 g/mol. The summed E-state index contributed by atoms with van der Waals surface area (Å²) >= 11 is 0. The average Bonchev–Trinajstić information content (AvgIpc) is 2.87. The summed E-state index contributed by atoms with van der Waals surface area (Å²) in [7, 11) is 0. The molecule has 0 radical (unpaired) electrons. The standard InChI is InChI=1S/C19H28N4O2/c20-18(24)17-12-16(21-13-22-17)11-14-5-4-9-23(10-8-14)19(25)15-6-2-1-3-7-15/h12-15H,1-11H2,(H2,20,24)/t14-/m0/s1. The zero-order valence-corrected chi connectivity index (χ0v) is 14.8. The van der Waals surface area contributed by atoms with E-state index in [0.29, 0.717) is 11.8 Å². The van der Waals surface area contributed by atoms with E-state index in [0.717, 1.165) is 57.3 Å². The Hall–Kier alpha value is -1.98. The number of carbonyl (C=O) groups excluding carboxylic acids is 2. The maximum atomic E-state index is 12.7. The molecule has 2 aliphatic rings. The van der Waals surface area contributed by atoms with Crippen LogP contribution in [0.2, 0.25) is 0 Å². The lowest BCUT2D eigenvalue weighted by atomic mass is 9.88. The fourth-order valence-corrected chi connectivity index (χ4v) is 4.14. The van der Waals surface area contributed by atoms with Crippen molar-refractivity contribution in [2.45, 2.75) is 57.8 Å². The normalized spacial score (nSPS) is 22.4. The number of rotatable bonds is 4. The highest BCUT2D eigenvalue weighted by Crippen LogP contribution is 2.28. The van der Waals surface area contributed by atoms with Gasteiger partial charge in [0.1, 0.15) is 12.0 Å². The van der Waals surface area contributed by atoms with Gasteiger partial charge < -0.3 is 10.6 Å². The lowest BCUT2D eigenvalue weighted by Crippen LogP contribution is -2.37. The summed E-state index contributed by atoms with van der Waals surface area (Å²) in [6.07, 6.45) is 11.1. The summed E-state index contributed by atoms with van der Waals surface area (Å²) in [5.74, 6) is 0.595. The first kappa shape index (κ1) is 17.8. The lowest BCUT2D eigenvalue weighted by Gasteiger charge is -2.28. The van der Waals surface area contributed by atoms with Gasteiger partial charge in [-0.25, -0.2) is 9.97 Å². The summed E-state index contributed by atoms with van der Waals surface area (Å²) in [5.41, 5.74) is 6.42. The van der Waals surface area contributed by atoms with Gasteiger partial charge >= 0.3 is 0 Å². The van der Waals surface area contributed by atoms with Crippen LogP contribution >= 0.6 is 0 Å². The zero-order valence-electron chi connectivity index (χ0n) is 14.8. The van der Waals surface area contributed by atoms with Crippen molar-refractivity contribution in [1.82, 2.24) is 14.9 Å². The minimum absolute atomic E-state index is 0.255. The molecule has 1 aromatic heterocycles. The Kier molecular flexibility index (Phi) is 6.00. The molecule has 2 fully saturated rings. The third-order valence-corrected chi connectivity index (χ3v) is 5.59. The van der Waals surface area contributed by atoms with Gasteiger partial charge in [-0.2, -0.15) is 0 Å². The van der Waals surface area contributed by atoms with Gasteiger partial charge in [-0.15, -0.1) is 0 Å². The lowest BCUT2D eigenvalue weighted by molar-refractivity contribution is -0.136. The van der Waals surface area contributed by atoms with Gasteiger partial charge in [0.05, 0.1) is 0 Å². The van der Waals surface area contributed by atoms with Crippen LogP contribution in [0.3, 0.4) is 0 Å². The topological polar surface area (TPSA) is 89.2 Å². The first-order valence-electron chi connectivity index (χ1n) is 9.53. The highest BCUT2D eigenvalue weighted by Gasteiger charge is 2.28. The smallest absolute Gasteiger partial charge is 0.267 e. The van der Waals surface area contributed by atoms with E-state index in [9.17, 15) is 9.59 Å². The number of nitrogens with zero attached hydrogens (tertiary/aromatic N) is 3. The Morgan fingerprint density at radius 1 is 1.04 bits per heavy atom. The van der Waals surface area contributed by atoms with Crippen LogP contribution in [0, 0.1) is 11.8 Å². The maximum absolute atomic E-state index is 12.7. The molecule has 1 saturated carbocycles. The van der Waals surface area contributed by atoms with Crippen molar-refractivity contribution in [3.63, 3.8) is 0 Å². The molecule has 0 aromatic carbocycles. The molecule has 1 atom stereocenters. The molecule has 1 aliphatic carbocycles. The third-order valence-electron chi connectivity index (χ3n) is 5.59. The van der Waals surface area contributed by atoms with Crippen molar-refractivity contribution < 1.29 is 9.59 Å². The number of carbonyl (C=O) groups is 2. The molecule has 3 rings (SSSR count). The van der Waals surface area contributed by atoms with Gasteiger partial charge in [-0.1, -0.05) is 19.3 Å². The van der Waals surface area contributed by atoms with Gasteiger partial charge in [-0.05, 0) is 50.5 Å². The predicted molar refractivity (Wildman–Crippen MR) is 94.7 cm³/mol. The second-order valence-electron chi connectivity index (χ2n) is 7.42. The van der Waals surface area contributed by atoms with Crippen LogP contribution < -0.4 is 5.73 Å². The molecule has 6 heteroatoms. The average molecular weight is 344 g/mol. The van der Waals surface area contributed by atoms with Crippen LogP contribution in [0.4, 0.5) is 0 Å². The number of hydrogen-bond acceptors (Lipinski definition) is 4. The third kappa shape index (κ3) is 4.77. The Morgan fingerprint density at radius 3 is 2.60 bits per heavy atom. The van der Waals surface area contributed by atoms with Crippen LogP contribution in [0.25, 0.3) is 0 Å². The second kappa shape index (κ2) is 8.41. The fraction of sp³-hybridized carbons (Fsp3) is 0.684. The van der Waals surface area contributed by atoms with E-state index in [-0.39, 0.29) is 11.6 Å². The summed E-state index contributed by atoms with van der Waals surface area (Å²) in [6.45, 7) is 1.72. The Balaban J connectivity index is 1.55. The minimum Gasteiger partial charge on any atom is -0.364 e. The predicted octanol–water partition coefficient (Wildman–Crippen LogP) is 2.33. The number of amides is 2. The van der Waals surface area contributed by atoms with E-state index in [1.165, 1.54) is 25.6 Å². The fourth-order valence-electron chi connectivity index (χ4n) is 4.14. The first-order valence-corrected chi connectivity index (χ1v) is 9.53. The van der Waals surface area contributed by atoms with E-state index in [2.05, 4.69) is 14.9 Å². The van der Waals surface area contributed by atoms with E-state index in [1.807, 2.05) is 0 Å². The van der Waals surface area contributed by atoms with Crippen LogP contribution in [-0.2, 0) is 11.2 Å². The van der Waals surface area contributed by atoms with E-state index >= 15 is 0 Å². The summed E-state index contributed by atoms with van der Waals surface area (Å²) < 4.78 is 0. The molecule has 2 amide bonds. The van der Waals surface area contributed by atoms with Gasteiger partial charge in [0.2, 0.25) is 5.91 Å². The molecule has 6 nitrogen and oxygen atoms in total. The van der Waals surface area contributed by atoms with Gasteiger partial charge in [0.25, 0.3) is 5.91 Å². The number of hydrogen-bond donors (Lipinski definition) is 1. The largest absolute Gasteiger partial charge is 0.364 e. The molecule has 136 valence electrons. The highest BCUT2D eigenvalue weighted by molar-refractivity contribution is 5.90. The molecule has 1 saturated heterocycles. The van der Waals surface area contributed by atoms with Gasteiger partial charge in [0.15, 0.2) is 0 Å². The van der Waals surface area contributed by atoms with Crippen molar-refractivity contribution in [2.24, 2.45) is 17.6 Å². The van der Waals surface area contributed by atoms with Gasteiger partial charge in [-0.3, -0.25) is 9.59 Å². The first-order chi connectivity index (χ1) is 12.1. The van der Waals surface area contributed by atoms with Crippen molar-refractivity contribution in [2.75, 3.05) is 13.1 Å². The Morgan fingerprint density at radius 2 is 1.84 bits per heavy atom. The van der Waals surface area contributed by atoms with Crippen molar-refractivity contribution >= 4 is 11.8 Å². The summed E-state index contributed by atoms with van der Waals surface area (Å²) in [5, 5.41) is 0. The van der Waals surface area contributed by atoms with Crippen LogP contribution in [-0.4, -0.2) is 39.8 Å². The Labute approximate surface area is 149 Å². The van der Waals surface area contributed by atoms with Crippen LogP contribution in [0.1, 0.15) is 67.5 Å². The second-order valence-corrected chi connectivity index (χ2v) is 7.42. The number of aromatic nitrogens is 2. The molecular formula is C19H28N4O2. The molecule has 1 aromatic rings. The van der Waals surface area contributed by atoms with Crippen molar-refractivity contribution in [3.05, 3.63) is 23.8 Å². The highest BCUT2D eigenvalue weighted by atomic mass is 16.2. The maximum Gasteiger partial charge on any atom is 0.267 e. The van der Waals surface area contributed by atoms with Crippen LogP contribution in [0.5, 0.6) is 0 Å². The van der Waals surface area contributed by atoms with Crippen LogP contribution in [0.15, 0.2) is 12.4 Å². The molecule has 0 bridgehead atoms. The summed E-state index contributed by atoms with van der Waals surface area (Å²) in [6, 6.07) is 1.69. The Bertz CT molecular complexity index is 613. The van der Waals surface area contributed by atoms with Crippen molar-refractivity contribution in [3.8, 4) is 0 Å². The molecule has 25 heavy (non-hydrogen) atoms. The monoisotopic (exact) mass is 344 g/mol. The number of likely N-dealkylation sites (tertiary alicyclic amines) is 1. The van der Waals surface area contributed by atoms with E-state index in [4.69, 9.17) is 5.73 Å². The molecule has 0 spiro atoms. The van der Waals surface area contributed by atoms with Crippen molar-refractivity contribution in [1.29, 1.82) is 0 Å². The number of nitrogens with two attached hydrogens (primary N) is 1. The molecule has 2 N–H and O–H groups in total. The molecule has 1 aliphatic heterocycles. The quantitative estimate of drug-likeness (QED) is 0.908. The molecule has 0 unspecified atom stereocenters. The van der Waals surface area contributed by atoms with E-state index < -0.39 is 5.91 Å². The summed E-state index contributed by atoms with van der Waals surface area (Å²) in [4.78, 5) is 34.3. The van der Waals surface area contributed by atoms with Gasteiger partial charge in [0, 0.05) is 24.7 Å². The molecule has 2 heterocycles.